The Labute approximate surface area is 110 Å². The molecular formula is C12H16N4OS. The lowest BCUT2D eigenvalue weighted by Gasteiger charge is -2.42. The number of carbonyl (C=O) groups excluding carboxylic acids is 1. The Morgan fingerprint density at radius 3 is 3.06 bits per heavy atom. The molecule has 1 saturated carbocycles. The van der Waals surface area contributed by atoms with Crippen molar-refractivity contribution in [1.29, 1.82) is 0 Å². The molecule has 2 atom stereocenters. The molecule has 1 fully saturated rings. The number of nitrogens with zero attached hydrogens (tertiary/aromatic N) is 2. The summed E-state index contributed by atoms with van der Waals surface area (Å²) >= 11 is 1.52. The van der Waals surface area contributed by atoms with Crippen LogP contribution in [-0.2, 0) is 4.79 Å². The van der Waals surface area contributed by atoms with Gasteiger partial charge in [-0.1, -0.05) is 25.6 Å². The van der Waals surface area contributed by atoms with Gasteiger partial charge in [-0.25, -0.2) is 9.97 Å². The van der Waals surface area contributed by atoms with E-state index in [1.807, 2.05) is 0 Å². The first-order chi connectivity index (χ1) is 8.46. The molecule has 2 unspecified atom stereocenters. The van der Waals surface area contributed by atoms with Gasteiger partial charge in [0, 0.05) is 12.5 Å². The number of hydrogen-bond donors (Lipinski definition) is 2. The zero-order valence-corrected chi connectivity index (χ0v) is 11.3. The number of nitrogens with two attached hydrogens (primary N) is 1. The maximum Gasteiger partial charge on any atom is 0.151 e. The van der Waals surface area contributed by atoms with Gasteiger partial charge in [0.05, 0.1) is 5.25 Å². The van der Waals surface area contributed by atoms with E-state index in [4.69, 9.17) is 5.73 Å². The third kappa shape index (κ3) is 1.84. The second kappa shape index (κ2) is 3.85. The first kappa shape index (κ1) is 11.8. The van der Waals surface area contributed by atoms with Crippen LogP contribution in [0, 0.1) is 5.41 Å². The third-order valence-electron chi connectivity index (χ3n) is 3.52. The van der Waals surface area contributed by atoms with E-state index in [2.05, 4.69) is 29.1 Å². The van der Waals surface area contributed by atoms with Crippen LogP contribution in [0.25, 0.3) is 0 Å². The van der Waals surface area contributed by atoms with Gasteiger partial charge in [-0.2, -0.15) is 0 Å². The second-order valence-corrected chi connectivity index (χ2v) is 6.87. The Bertz CT molecular complexity index is 517. The molecule has 2 aliphatic rings. The lowest BCUT2D eigenvalue weighted by atomic mass is 9.74. The van der Waals surface area contributed by atoms with Crippen molar-refractivity contribution in [3.05, 3.63) is 6.33 Å². The monoisotopic (exact) mass is 264 g/mol. The average molecular weight is 264 g/mol. The van der Waals surface area contributed by atoms with Crippen molar-refractivity contribution >= 4 is 29.1 Å². The SMILES string of the molecule is CC1(C)CC(=O)C2Sc3ncnc(N)c3NC2C1. The molecule has 2 heterocycles. The number of anilines is 2. The molecular weight excluding hydrogens is 248 g/mol. The van der Waals surface area contributed by atoms with Crippen molar-refractivity contribution in [1.82, 2.24) is 9.97 Å². The summed E-state index contributed by atoms with van der Waals surface area (Å²) in [7, 11) is 0. The first-order valence-electron chi connectivity index (χ1n) is 6.03. The number of ketones is 1. The summed E-state index contributed by atoms with van der Waals surface area (Å²) in [6.45, 7) is 4.27. The molecule has 0 saturated heterocycles. The molecule has 0 spiro atoms. The number of fused-ring (bicyclic) bond motifs is 2. The highest BCUT2D eigenvalue weighted by molar-refractivity contribution is 8.00. The summed E-state index contributed by atoms with van der Waals surface area (Å²) in [4.78, 5) is 20.4. The highest BCUT2D eigenvalue weighted by Gasteiger charge is 2.44. The van der Waals surface area contributed by atoms with Crippen LogP contribution in [0.1, 0.15) is 26.7 Å². The van der Waals surface area contributed by atoms with E-state index in [-0.39, 0.29) is 16.7 Å². The lowest BCUT2D eigenvalue weighted by Crippen LogP contribution is -2.48. The van der Waals surface area contributed by atoms with Crippen LogP contribution in [0.4, 0.5) is 11.5 Å². The molecule has 96 valence electrons. The van der Waals surface area contributed by atoms with E-state index < -0.39 is 0 Å². The van der Waals surface area contributed by atoms with Crippen molar-refractivity contribution in [3.63, 3.8) is 0 Å². The number of nitrogen functional groups attached to an aromatic ring is 1. The Hall–Kier alpha value is -1.30. The maximum atomic E-state index is 12.2. The van der Waals surface area contributed by atoms with Crippen molar-refractivity contribution in [3.8, 4) is 0 Å². The third-order valence-corrected chi connectivity index (χ3v) is 4.90. The molecule has 0 radical (unpaired) electrons. The Balaban J connectivity index is 1.97. The standard InChI is InChI=1S/C12H16N4OS/c1-12(2)3-6-9(7(17)4-12)18-11-8(16-6)10(13)14-5-15-11/h5-6,9,16H,3-4H2,1-2H3,(H2,13,14,15). The van der Waals surface area contributed by atoms with Crippen LogP contribution in [0.5, 0.6) is 0 Å². The first-order valence-corrected chi connectivity index (χ1v) is 6.91. The van der Waals surface area contributed by atoms with Gasteiger partial charge in [0.1, 0.15) is 22.8 Å². The quantitative estimate of drug-likeness (QED) is 0.694. The van der Waals surface area contributed by atoms with Crippen LogP contribution in [-0.4, -0.2) is 27.0 Å². The predicted octanol–water partition coefficient (Wildman–Crippen LogP) is 1.70. The van der Waals surface area contributed by atoms with Crippen LogP contribution in [0.3, 0.4) is 0 Å². The maximum absolute atomic E-state index is 12.2. The van der Waals surface area contributed by atoms with Gasteiger partial charge in [0.2, 0.25) is 0 Å². The van der Waals surface area contributed by atoms with Gasteiger partial charge in [-0.3, -0.25) is 4.79 Å². The van der Waals surface area contributed by atoms with Crippen molar-refractivity contribution < 1.29 is 4.79 Å². The molecule has 1 aromatic rings. The highest BCUT2D eigenvalue weighted by Crippen LogP contribution is 2.46. The fourth-order valence-corrected chi connectivity index (χ4v) is 3.93. The van der Waals surface area contributed by atoms with Crippen LogP contribution in [0.2, 0.25) is 0 Å². The number of Topliss-reactive ketones (excluding diaryl/α,β-unsaturated/α-hetero) is 1. The summed E-state index contributed by atoms with van der Waals surface area (Å²) < 4.78 is 0. The zero-order valence-electron chi connectivity index (χ0n) is 10.4. The fourth-order valence-electron chi connectivity index (χ4n) is 2.76. The van der Waals surface area contributed by atoms with E-state index in [0.29, 0.717) is 18.0 Å². The minimum atomic E-state index is -0.0418. The highest BCUT2D eigenvalue weighted by atomic mass is 32.2. The van der Waals surface area contributed by atoms with E-state index in [1.54, 1.807) is 0 Å². The van der Waals surface area contributed by atoms with Crippen molar-refractivity contribution in [2.75, 3.05) is 11.1 Å². The second-order valence-electron chi connectivity index (χ2n) is 5.74. The van der Waals surface area contributed by atoms with Gasteiger partial charge in [0.15, 0.2) is 5.82 Å². The van der Waals surface area contributed by atoms with Crippen LogP contribution >= 0.6 is 11.8 Å². The Kier molecular flexibility index (Phi) is 2.52. The summed E-state index contributed by atoms with van der Waals surface area (Å²) in [5.41, 5.74) is 6.69. The molecule has 0 bridgehead atoms. The smallest absolute Gasteiger partial charge is 0.151 e. The number of carbonyl (C=O) groups is 1. The normalized spacial score (nSPS) is 29.1. The summed E-state index contributed by atoms with van der Waals surface area (Å²) in [5.74, 6) is 0.762. The molecule has 1 aliphatic heterocycles. The van der Waals surface area contributed by atoms with E-state index in [0.717, 1.165) is 17.1 Å². The summed E-state index contributed by atoms with van der Waals surface area (Å²) in [5, 5.41) is 4.11. The molecule has 3 rings (SSSR count). The summed E-state index contributed by atoms with van der Waals surface area (Å²) in [6, 6.07) is 0.132. The molecule has 1 aliphatic carbocycles. The van der Waals surface area contributed by atoms with Gasteiger partial charge in [-0.05, 0) is 11.8 Å². The van der Waals surface area contributed by atoms with Gasteiger partial charge in [0.25, 0.3) is 0 Å². The van der Waals surface area contributed by atoms with Crippen LogP contribution < -0.4 is 11.1 Å². The van der Waals surface area contributed by atoms with Gasteiger partial charge < -0.3 is 11.1 Å². The van der Waals surface area contributed by atoms with E-state index in [9.17, 15) is 4.79 Å². The summed E-state index contributed by atoms with van der Waals surface area (Å²) in [6.07, 6.45) is 3.04. The largest absolute Gasteiger partial charge is 0.382 e. The molecule has 5 nitrogen and oxygen atoms in total. The topological polar surface area (TPSA) is 80.9 Å². The predicted molar refractivity (Wildman–Crippen MR) is 71.5 cm³/mol. The Morgan fingerprint density at radius 1 is 1.50 bits per heavy atom. The fraction of sp³-hybridized carbons (Fsp3) is 0.583. The number of nitrogens with one attached hydrogen (secondary N) is 1. The molecule has 3 N–H and O–H groups in total. The lowest BCUT2D eigenvalue weighted by molar-refractivity contribution is -0.122. The number of rotatable bonds is 0. The van der Waals surface area contributed by atoms with Crippen molar-refractivity contribution in [2.24, 2.45) is 5.41 Å². The molecule has 6 heteroatoms. The molecule has 0 aromatic carbocycles. The van der Waals surface area contributed by atoms with Crippen molar-refractivity contribution in [2.45, 2.75) is 43.0 Å². The average Bonchev–Trinajstić information content (AvgIpc) is 2.27. The number of thioether (sulfide) groups is 1. The number of hydrogen-bond acceptors (Lipinski definition) is 6. The minimum absolute atomic E-state index is 0.0418. The van der Waals surface area contributed by atoms with Crippen LogP contribution in [0.15, 0.2) is 11.4 Å². The minimum Gasteiger partial charge on any atom is -0.382 e. The molecule has 1 aromatic heterocycles. The van der Waals surface area contributed by atoms with E-state index >= 15 is 0 Å². The molecule has 18 heavy (non-hydrogen) atoms. The Morgan fingerprint density at radius 2 is 2.28 bits per heavy atom. The van der Waals surface area contributed by atoms with Gasteiger partial charge in [-0.15, -0.1) is 0 Å². The van der Waals surface area contributed by atoms with Gasteiger partial charge >= 0.3 is 0 Å². The number of aromatic nitrogens is 2. The molecule has 0 amide bonds. The van der Waals surface area contributed by atoms with E-state index in [1.165, 1.54) is 18.1 Å². The zero-order chi connectivity index (χ0) is 12.9.